The first-order valence-corrected chi connectivity index (χ1v) is 3.46. The van der Waals surface area contributed by atoms with Gasteiger partial charge in [0, 0.05) is 12.3 Å². The van der Waals surface area contributed by atoms with Gasteiger partial charge in [0.05, 0.1) is 0 Å². The molecule has 0 aromatic carbocycles. The molecule has 2 N–H and O–H groups in total. The summed E-state index contributed by atoms with van der Waals surface area (Å²) in [6.45, 7) is 0.655. The maximum atomic E-state index is 10.6. The monoisotopic (exact) mass is 146 g/mol. The van der Waals surface area contributed by atoms with Gasteiger partial charge in [-0.1, -0.05) is 16.9 Å². The lowest BCUT2D eigenvalue weighted by Crippen LogP contribution is -2.36. The van der Waals surface area contributed by atoms with Gasteiger partial charge in [0.15, 0.2) is 0 Å². The highest BCUT2D eigenvalue weighted by Crippen LogP contribution is 2.06. The number of hydrogen-bond donors (Lipinski definition) is 2. The van der Waals surface area contributed by atoms with Gasteiger partial charge in [-0.2, -0.15) is 0 Å². The van der Waals surface area contributed by atoms with Crippen LogP contribution in [-0.4, -0.2) is 28.5 Å². The molecule has 0 bridgehead atoms. The van der Waals surface area contributed by atoms with Crippen LogP contribution in [0.2, 0.25) is 0 Å². The van der Waals surface area contributed by atoms with E-state index in [0.717, 1.165) is 5.75 Å². The molecule has 9 heavy (non-hydrogen) atoms. The molecule has 1 aliphatic rings. The fourth-order valence-corrected chi connectivity index (χ4v) is 1.19. The maximum Gasteiger partial charge on any atom is 0.279 e. The van der Waals surface area contributed by atoms with E-state index in [1.54, 1.807) is 0 Å². The zero-order chi connectivity index (χ0) is 6.69. The predicted octanol–water partition coefficient (Wildman–Crippen LogP) is -0.363. The minimum Gasteiger partial charge on any atom is -0.410 e. The second-order valence-electron chi connectivity index (χ2n) is 1.51. The van der Waals surface area contributed by atoms with Crippen LogP contribution in [0, 0.1) is 0 Å². The first-order chi connectivity index (χ1) is 4.34. The molecule has 50 valence electrons. The molecule has 1 amide bonds. The number of rotatable bonds is 0. The lowest BCUT2D eigenvalue weighted by Gasteiger charge is -2.10. The summed E-state index contributed by atoms with van der Waals surface area (Å²) in [7, 11) is 0. The van der Waals surface area contributed by atoms with Gasteiger partial charge >= 0.3 is 0 Å². The van der Waals surface area contributed by atoms with Gasteiger partial charge in [-0.3, -0.25) is 4.79 Å². The summed E-state index contributed by atoms with van der Waals surface area (Å²) in [5.74, 6) is 0.499. The molecule has 4 nitrogen and oxygen atoms in total. The number of hydrogen-bond acceptors (Lipinski definition) is 4. The molecule has 0 aliphatic carbocycles. The third-order valence-corrected chi connectivity index (χ3v) is 1.86. The quantitative estimate of drug-likeness (QED) is 0.362. The van der Waals surface area contributed by atoms with Gasteiger partial charge in [-0.25, -0.2) is 0 Å². The van der Waals surface area contributed by atoms with E-state index >= 15 is 0 Å². The highest BCUT2D eigenvalue weighted by Gasteiger charge is 2.16. The zero-order valence-electron chi connectivity index (χ0n) is 4.63. The lowest BCUT2D eigenvalue weighted by atomic mass is 10.6. The first kappa shape index (κ1) is 6.41. The summed E-state index contributed by atoms with van der Waals surface area (Å²) >= 11 is 1.26. The van der Waals surface area contributed by atoms with E-state index in [2.05, 4.69) is 10.5 Å². The Morgan fingerprint density at radius 1 is 1.78 bits per heavy atom. The summed E-state index contributed by atoms with van der Waals surface area (Å²) in [4.78, 5) is 10.6. The molecule has 0 atom stereocenters. The van der Waals surface area contributed by atoms with E-state index in [0.29, 0.717) is 6.54 Å². The Balaban J connectivity index is 2.60. The first-order valence-electron chi connectivity index (χ1n) is 2.47. The topological polar surface area (TPSA) is 61.7 Å². The van der Waals surface area contributed by atoms with Crippen molar-refractivity contribution in [2.45, 2.75) is 0 Å². The Morgan fingerprint density at radius 3 is 3.00 bits per heavy atom. The van der Waals surface area contributed by atoms with Crippen molar-refractivity contribution in [3.8, 4) is 0 Å². The van der Waals surface area contributed by atoms with Crippen molar-refractivity contribution < 1.29 is 10.0 Å². The Hall–Kier alpha value is -0.710. The van der Waals surface area contributed by atoms with Gasteiger partial charge in [-0.15, -0.1) is 0 Å². The minimum absolute atomic E-state index is 0.154. The molecular weight excluding hydrogens is 140 g/mol. The van der Waals surface area contributed by atoms with E-state index in [4.69, 9.17) is 5.21 Å². The van der Waals surface area contributed by atoms with Crippen molar-refractivity contribution in [2.24, 2.45) is 5.16 Å². The van der Waals surface area contributed by atoms with Gasteiger partial charge < -0.3 is 10.5 Å². The molecule has 1 aliphatic heterocycles. The molecular formula is C4H6N2O2S. The molecule has 1 fully saturated rings. The Bertz CT molecular complexity index is 157. The maximum absolute atomic E-state index is 10.6. The number of nitrogens with zero attached hydrogens (tertiary/aromatic N) is 1. The number of carbonyl (C=O) groups is 1. The van der Waals surface area contributed by atoms with Crippen LogP contribution in [0.25, 0.3) is 0 Å². The number of nitrogens with one attached hydrogen (secondary N) is 1. The zero-order valence-corrected chi connectivity index (χ0v) is 5.44. The summed E-state index contributed by atoms with van der Waals surface area (Å²) in [6, 6.07) is 0. The van der Waals surface area contributed by atoms with Crippen LogP contribution >= 0.6 is 11.8 Å². The van der Waals surface area contributed by atoms with Crippen molar-refractivity contribution in [1.29, 1.82) is 0 Å². The van der Waals surface area contributed by atoms with Crippen molar-refractivity contribution in [1.82, 2.24) is 5.32 Å². The van der Waals surface area contributed by atoms with Gasteiger partial charge in [0.1, 0.15) is 0 Å². The van der Waals surface area contributed by atoms with Crippen LogP contribution in [0.4, 0.5) is 0 Å². The Kier molecular flexibility index (Phi) is 1.94. The smallest absolute Gasteiger partial charge is 0.279 e. The third kappa shape index (κ3) is 1.35. The van der Waals surface area contributed by atoms with Crippen molar-refractivity contribution in [2.75, 3.05) is 12.3 Å². The van der Waals surface area contributed by atoms with E-state index in [-0.39, 0.29) is 11.0 Å². The largest absolute Gasteiger partial charge is 0.410 e. The molecule has 0 spiro atoms. The molecule has 1 heterocycles. The molecule has 5 heteroatoms. The standard InChI is InChI=1S/C4H6N2O2S/c7-3-4(6-8)9-2-1-5-3/h8H,1-2H2,(H,5,7)/b6-4-. The fourth-order valence-electron chi connectivity index (χ4n) is 0.528. The Labute approximate surface area is 56.3 Å². The molecule has 1 rings (SSSR count). The molecule has 1 saturated heterocycles. The summed E-state index contributed by atoms with van der Waals surface area (Å²) in [5.41, 5.74) is 0. The SMILES string of the molecule is O=C1NCCS/C1=N\O. The van der Waals surface area contributed by atoms with Gasteiger partial charge in [0.2, 0.25) is 5.04 Å². The number of carbonyl (C=O) groups excluding carboxylic acids is 1. The minimum atomic E-state index is -0.284. The van der Waals surface area contributed by atoms with Crippen LogP contribution in [0.5, 0.6) is 0 Å². The number of thioether (sulfide) groups is 1. The normalized spacial score (nSPS) is 24.0. The van der Waals surface area contributed by atoms with E-state index in [9.17, 15) is 4.79 Å². The van der Waals surface area contributed by atoms with E-state index in [1.807, 2.05) is 0 Å². The molecule has 0 aromatic rings. The van der Waals surface area contributed by atoms with Crippen LogP contribution in [0.1, 0.15) is 0 Å². The van der Waals surface area contributed by atoms with Gasteiger partial charge in [0.25, 0.3) is 5.91 Å². The molecule has 0 unspecified atom stereocenters. The molecule has 0 aromatic heterocycles. The highest BCUT2D eigenvalue weighted by atomic mass is 32.2. The predicted molar refractivity (Wildman–Crippen MR) is 34.7 cm³/mol. The average Bonchev–Trinajstić information content (AvgIpc) is 1.89. The molecule has 0 saturated carbocycles. The fraction of sp³-hybridized carbons (Fsp3) is 0.500. The van der Waals surface area contributed by atoms with Gasteiger partial charge in [-0.05, 0) is 0 Å². The molecule has 0 radical (unpaired) electrons. The van der Waals surface area contributed by atoms with Crippen LogP contribution in [0.3, 0.4) is 0 Å². The Morgan fingerprint density at radius 2 is 2.56 bits per heavy atom. The number of amides is 1. The van der Waals surface area contributed by atoms with Crippen LogP contribution < -0.4 is 5.32 Å². The average molecular weight is 146 g/mol. The third-order valence-electron chi connectivity index (χ3n) is 0.911. The van der Waals surface area contributed by atoms with E-state index < -0.39 is 0 Å². The van der Waals surface area contributed by atoms with Crippen LogP contribution in [-0.2, 0) is 4.79 Å². The number of oxime groups is 1. The summed E-state index contributed by atoms with van der Waals surface area (Å²) < 4.78 is 0. The van der Waals surface area contributed by atoms with Crippen molar-refractivity contribution in [3.05, 3.63) is 0 Å². The lowest BCUT2D eigenvalue weighted by molar-refractivity contribution is -0.114. The second kappa shape index (κ2) is 2.72. The second-order valence-corrected chi connectivity index (χ2v) is 2.59. The van der Waals surface area contributed by atoms with Crippen molar-refractivity contribution >= 4 is 22.7 Å². The van der Waals surface area contributed by atoms with Crippen molar-refractivity contribution in [3.63, 3.8) is 0 Å². The summed E-state index contributed by atoms with van der Waals surface area (Å²) in [6.07, 6.45) is 0. The van der Waals surface area contributed by atoms with E-state index in [1.165, 1.54) is 11.8 Å². The summed E-state index contributed by atoms with van der Waals surface area (Å²) in [5, 5.41) is 13.7. The highest BCUT2D eigenvalue weighted by molar-refractivity contribution is 8.15. The van der Waals surface area contributed by atoms with Crippen LogP contribution in [0.15, 0.2) is 5.16 Å².